The number of hydrogen-bond acceptors (Lipinski definition) is 9. The monoisotopic (exact) mass is 759 g/mol. The molecular formula is C32H18AuN8O3. The average Bonchev–Trinajstić information content (AvgIpc) is 3.75. The number of nitrogens with one attached hydrogen (secondary N) is 2. The third-order valence-electron chi connectivity index (χ3n) is 7.77. The number of rotatable bonds is 0. The molecule has 5 heterocycles. The van der Waals surface area contributed by atoms with Crippen molar-refractivity contribution in [2.45, 2.75) is 0 Å². The number of phenolic OH excluding ortho intramolecular Hbond substituents is 3. The molecule has 0 aliphatic carbocycles. The van der Waals surface area contributed by atoms with Crippen LogP contribution in [0.5, 0.6) is 17.2 Å². The van der Waals surface area contributed by atoms with Crippen molar-refractivity contribution in [3.63, 3.8) is 0 Å². The zero-order valence-electron chi connectivity index (χ0n) is 22.3. The van der Waals surface area contributed by atoms with Crippen LogP contribution < -0.4 is 0 Å². The predicted molar refractivity (Wildman–Crippen MR) is 161 cm³/mol. The zero-order chi connectivity index (χ0) is 28.8. The summed E-state index contributed by atoms with van der Waals surface area (Å²) in [6, 6.07) is 24.4. The Balaban J connectivity index is 0.00000289. The summed E-state index contributed by atoms with van der Waals surface area (Å²) in [5, 5.41) is 34.0. The molecule has 9 rings (SSSR count). The maximum absolute atomic E-state index is 11.0. The molecule has 5 N–H and O–H groups in total. The van der Waals surface area contributed by atoms with Gasteiger partial charge >= 0.3 is 0 Å². The molecule has 11 nitrogen and oxygen atoms in total. The summed E-state index contributed by atoms with van der Waals surface area (Å²) in [7, 11) is 0. The van der Waals surface area contributed by atoms with Crippen LogP contribution in [0, 0.1) is 0 Å². The molecular weight excluding hydrogens is 741 g/mol. The third-order valence-corrected chi connectivity index (χ3v) is 7.77. The Morgan fingerprint density at radius 1 is 0.432 bits per heavy atom. The van der Waals surface area contributed by atoms with Crippen LogP contribution in [-0.2, 0) is 22.4 Å². The summed E-state index contributed by atoms with van der Waals surface area (Å²) in [5.74, 6) is -0.0602. The van der Waals surface area contributed by atoms with E-state index in [9.17, 15) is 15.3 Å². The van der Waals surface area contributed by atoms with Gasteiger partial charge in [0, 0.05) is 60.8 Å². The molecule has 2 aliphatic rings. The molecule has 8 bridgehead atoms. The van der Waals surface area contributed by atoms with Crippen molar-refractivity contribution in [2.75, 3.05) is 0 Å². The fourth-order valence-corrected chi connectivity index (χ4v) is 5.76. The second kappa shape index (κ2) is 9.44. The van der Waals surface area contributed by atoms with Gasteiger partial charge in [-0.15, -0.1) is 0 Å². The Bertz CT molecular complexity index is 2520. The Labute approximate surface area is 262 Å². The third kappa shape index (κ3) is 3.67. The minimum Gasteiger partial charge on any atom is -0.504 e. The number of H-pyrrole nitrogens is 2. The van der Waals surface area contributed by atoms with E-state index in [1.807, 2.05) is 72.8 Å². The molecule has 1 radical (unpaired) electrons. The standard InChI is InChI=1S/C32H18N8O3.Au/c41-21-13-20-22(24(43)23(21)42)32-39-30-19-12-6-5-11-18(19)28(37-30)35-26-15-8-2-1-7-14(15)25(33-26)34-27-16-9-3-4-10-17(16)29(36-27)38-31(20)40-32;/h1-13,41-43H,(H2,33,34,35,36,37,38,39,40);. The first-order chi connectivity index (χ1) is 21.0. The number of hydrogen-bond donors (Lipinski definition) is 5. The van der Waals surface area contributed by atoms with Crippen molar-refractivity contribution in [2.24, 2.45) is 0 Å². The molecule has 0 saturated heterocycles. The summed E-state index contributed by atoms with van der Waals surface area (Å²) < 4.78 is 0. The number of phenols is 3. The Hall–Kier alpha value is -5.62. The smallest absolute Gasteiger partial charge is 0.201 e. The van der Waals surface area contributed by atoms with E-state index in [4.69, 9.17) is 29.9 Å². The predicted octanol–water partition coefficient (Wildman–Crippen LogP) is 5.98. The quantitative estimate of drug-likeness (QED) is 0.0922. The number of aromatic nitrogens is 8. The Kier molecular flexibility index (Phi) is 5.59. The number of aromatic hydroxyl groups is 3. The molecule has 3 aromatic heterocycles. The first kappa shape index (κ1) is 26.0. The fraction of sp³-hybridized carbons (Fsp3) is 0. The van der Waals surface area contributed by atoms with Crippen LogP contribution in [0.15, 0.2) is 78.9 Å². The molecule has 215 valence electrons. The van der Waals surface area contributed by atoms with E-state index in [0.717, 1.165) is 33.0 Å². The van der Waals surface area contributed by atoms with Crippen LogP contribution in [0.3, 0.4) is 0 Å². The number of nitrogens with zero attached hydrogens (tertiary/aromatic N) is 6. The van der Waals surface area contributed by atoms with Crippen LogP contribution in [0.1, 0.15) is 0 Å². The molecule has 12 heteroatoms. The van der Waals surface area contributed by atoms with Gasteiger partial charge in [0.2, 0.25) is 5.75 Å². The summed E-state index contributed by atoms with van der Waals surface area (Å²) >= 11 is 0. The first-order valence-corrected chi connectivity index (χ1v) is 13.4. The normalized spacial score (nSPS) is 11.7. The van der Waals surface area contributed by atoms with Crippen molar-refractivity contribution in [3.8, 4) is 62.8 Å². The van der Waals surface area contributed by atoms with Crippen LogP contribution >= 0.6 is 0 Å². The van der Waals surface area contributed by atoms with E-state index in [-0.39, 0.29) is 39.1 Å². The molecule has 0 saturated carbocycles. The van der Waals surface area contributed by atoms with Gasteiger partial charge in [-0.25, -0.2) is 29.9 Å². The summed E-state index contributed by atoms with van der Waals surface area (Å²) in [6.07, 6.45) is 0. The maximum Gasteiger partial charge on any atom is 0.201 e. The molecule has 2 aliphatic heterocycles. The SMILES string of the molecule is Oc1cc2c3nc4nc(nc5[nH]c(nc6nc(nc([nH]3)c2c(O)c1O)-c1ccccc1-6)c1ccccc51)-c1ccccc1-4.[Au]. The van der Waals surface area contributed by atoms with Crippen LogP contribution in [0.25, 0.3) is 89.7 Å². The minimum atomic E-state index is -0.663. The van der Waals surface area contributed by atoms with E-state index >= 15 is 0 Å². The van der Waals surface area contributed by atoms with Gasteiger partial charge < -0.3 is 25.3 Å². The van der Waals surface area contributed by atoms with E-state index in [1.165, 1.54) is 6.07 Å². The molecule has 7 aromatic rings. The average molecular weight is 760 g/mol. The van der Waals surface area contributed by atoms with Gasteiger partial charge in [0.15, 0.2) is 34.8 Å². The van der Waals surface area contributed by atoms with E-state index in [0.29, 0.717) is 40.0 Å². The number of aromatic amines is 2. The topological polar surface area (TPSA) is 170 Å². The molecule has 0 amide bonds. The first-order valence-electron chi connectivity index (χ1n) is 13.4. The van der Waals surface area contributed by atoms with Gasteiger partial charge in [-0.2, -0.15) is 0 Å². The van der Waals surface area contributed by atoms with Crippen molar-refractivity contribution in [3.05, 3.63) is 78.9 Å². The van der Waals surface area contributed by atoms with Gasteiger partial charge in [0.1, 0.15) is 22.6 Å². The van der Waals surface area contributed by atoms with Gasteiger partial charge in [0.25, 0.3) is 0 Å². The van der Waals surface area contributed by atoms with Crippen molar-refractivity contribution in [1.82, 2.24) is 39.9 Å². The number of fused-ring (bicyclic) bond motifs is 20. The van der Waals surface area contributed by atoms with E-state index < -0.39 is 17.2 Å². The van der Waals surface area contributed by atoms with Gasteiger partial charge in [-0.05, 0) is 6.07 Å². The van der Waals surface area contributed by atoms with Gasteiger partial charge in [-0.3, -0.25) is 0 Å². The van der Waals surface area contributed by atoms with E-state index in [2.05, 4.69) is 9.97 Å². The Morgan fingerprint density at radius 2 is 0.818 bits per heavy atom. The molecule has 0 atom stereocenters. The second-order valence-corrected chi connectivity index (χ2v) is 10.3. The van der Waals surface area contributed by atoms with Gasteiger partial charge in [0.05, 0.1) is 5.39 Å². The Morgan fingerprint density at radius 3 is 1.30 bits per heavy atom. The largest absolute Gasteiger partial charge is 0.504 e. The second-order valence-electron chi connectivity index (χ2n) is 10.3. The summed E-state index contributed by atoms with van der Waals surface area (Å²) in [6.45, 7) is 0. The summed E-state index contributed by atoms with van der Waals surface area (Å²) in [4.78, 5) is 35.6. The minimum absolute atomic E-state index is 0. The maximum atomic E-state index is 11.0. The van der Waals surface area contributed by atoms with Crippen LogP contribution in [0.4, 0.5) is 0 Å². The van der Waals surface area contributed by atoms with Gasteiger partial charge in [-0.1, -0.05) is 72.8 Å². The van der Waals surface area contributed by atoms with Crippen LogP contribution in [-0.4, -0.2) is 55.2 Å². The molecule has 0 spiro atoms. The zero-order valence-corrected chi connectivity index (χ0v) is 24.5. The molecule has 4 aromatic carbocycles. The molecule has 0 unspecified atom stereocenters. The number of benzene rings is 4. The van der Waals surface area contributed by atoms with E-state index in [1.54, 1.807) is 0 Å². The van der Waals surface area contributed by atoms with Crippen LogP contribution in [0.2, 0.25) is 0 Å². The van der Waals surface area contributed by atoms with Crippen molar-refractivity contribution < 1.29 is 37.7 Å². The van der Waals surface area contributed by atoms with Crippen molar-refractivity contribution >= 4 is 44.1 Å². The molecule has 44 heavy (non-hydrogen) atoms. The summed E-state index contributed by atoms with van der Waals surface area (Å²) in [5.41, 5.74) is 4.71. The molecule has 0 fully saturated rings. The fourth-order valence-electron chi connectivity index (χ4n) is 5.76. The van der Waals surface area contributed by atoms with Crippen molar-refractivity contribution in [1.29, 1.82) is 0 Å².